The Morgan fingerprint density at radius 1 is 0.725 bits per heavy atom. The Labute approximate surface area is 233 Å². The summed E-state index contributed by atoms with van der Waals surface area (Å²) >= 11 is 0. The quantitative estimate of drug-likeness (QED) is 0.0854. The Morgan fingerprint density at radius 3 is 2.08 bits per heavy atom. The molecule has 7 nitrogen and oxygen atoms in total. The number of ether oxygens (including phenoxy) is 5. The zero-order chi connectivity index (χ0) is 27.7. The summed E-state index contributed by atoms with van der Waals surface area (Å²) in [7, 11) is 1.44. The summed E-state index contributed by atoms with van der Waals surface area (Å²) in [4.78, 5) is 25.5. The van der Waals surface area contributed by atoms with Crippen LogP contribution in [0.5, 0.6) is 23.0 Å². The molecule has 1 aliphatic heterocycles. The molecule has 4 aromatic rings. The molecule has 0 N–H and O–H groups in total. The van der Waals surface area contributed by atoms with Gasteiger partial charge in [0.25, 0.3) is 0 Å². The summed E-state index contributed by atoms with van der Waals surface area (Å²) < 4.78 is 27.4. The highest BCUT2D eigenvalue weighted by Crippen LogP contribution is 2.30. The molecule has 1 unspecified atom stereocenters. The Kier molecular flexibility index (Phi) is 8.73. The van der Waals surface area contributed by atoms with Crippen molar-refractivity contribution in [3.8, 4) is 34.1 Å². The molecule has 0 bridgehead atoms. The maximum Gasteiger partial charge on any atom is 0.343 e. The van der Waals surface area contributed by atoms with Gasteiger partial charge in [0, 0.05) is 0 Å². The van der Waals surface area contributed by atoms with Gasteiger partial charge in [-0.2, -0.15) is 0 Å². The molecule has 1 heterocycles. The summed E-state index contributed by atoms with van der Waals surface area (Å²) in [5.41, 5.74) is 2.72. The zero-order valence-corrected chi connectivity index (χ0v) is 22.2. The van der Waals surface area contributed by atoms with E-state index in [2.05, 4.69) is 0 Å². The first-order chi connectivity index (χ1) is 19.6. The van der Waals surface area contributed by atoms with E-state index in [1.165, 1.54) is 25.3 Å². The predicted molar refractivity (Wildman–Crippen MR) is 150 cm³/mol. The number of hydrogen-bond donors (Lipinski definition) is 0. The second kappa shape index (κ2) is 13.0. The fourth-order valence-corrected chi connectivity index (χ4v) is 4.14. The maximum atomic E-state index is 12.8. The van der Waals surface area contributed by atoms with E-state index in [1.54, 1.807) is 36.4 Å². The van der Waals surface area contributed by atoms with Gasteiger partial charge in [-0.25, -0.2) is 9.59 Å². The summed E-state index contributed by atoms with van der Waals surface area (Å²) in [5, 5.41) is 0. The van der Waals surface area contributed by atoms with E-state index in [1.807, 2.05) is 42.5 Å². The maximum absolute atomic E-state index is 12.8. The standard InChI is InChI=1S/C33H30O7/c1-36-31-21-26(33(35)39-28-17-10-24(11-18-28)23-7-3-2-4-8-23)14-19-30(31)40-32(34)25-12-15-27(16-13-25)37-20-6-5-9-29-22-38-29/h2-4,7-8,10-19,21,29H,5-6,9,20,22H2,1H3. The van der Waals surface area contributed by atoms with Crippen LogP contribution in [0, 0.1) is 0 Å². The minimum absolute atomic E-state index is 0.191. The normalized spacial score (nSPS) is 13.8. The van der Waals surface area contributed by atoms with Crippen LogP contribution in [0.25, 0.3) is 11.1 Å². The molecule has 0 saturated carbocycles. The Bertz CT molecular complexity index is 1430. The lowest BCUT2D eigenvalue weighted by atomic mass is 10.1. The first-order valence-corrected chi connectivity index (χ1v) is 13.2. The van der Waals surface area contributed by atoms with E-state index in [-0.39, 0.29) is 17.1 Å². The van der Waals surface area contributed by atoms with Gasteiger partial charge in [0.05, 0.1) is 37.6 Å². The average molecular weight is 539 g/mol. The predicted octanol–water partition coefficient (Wildman–Crippen LogP) is 6.75. The van der Waals surface area contributed by atoms with Crippen LogP contribution in [0.2, 0.25) is 0 Å². The van der Waals surface area contributed by atoms with Crippen molar-refractivity contribution in [2.24, 2.45) is 0 Å². The lowest BCUT2D eigenvalue weighted by Gasteiger charge is -2.12. The smallest absolute Gasteiger partial charge is 0.343 e. The van der Waals surface area contributed by atoms with Crippen molar-refractivity contribution < 1.29 is 33.3 Å². The number of rotatable bonds is 12. The van der Waals surface area contributed by atoms with Gasteiger partial charge in [-0.3, -0.25) is 0 Å². The van der Waals surface area contributed by atoms with Gasteiger partial charge < -0.3 is 23.7 Å². The summed E-state index contributed by atoms with van der Waals surface area (Å²) in [6.07, 6.45) is 3.53. The second-order valence-electron chi connectivity index (χ2n) is 9.36. The summed E-state index contributed by atoms with van der Waals surface area (Å²) in [5.74, 6) is 0.423. The molecule has 1 fully saturated rings. The minimum atomic E-state index is -0.555. The fraction of sp³-hybridized carbons (Fsp3) is 0.212. The molecule has 0 aliphatic carbocycles. The molecule has 0 spiro atoms. The SMILES string of the molecule is COc1cc(C(=O)Oc2ccc(-c3ccccc3)cc2)ccc1OC(=O)c1ccc(OCCCCC2CO2)cc1. The number of epoxide rings is 1. The van der Waals surface area contributed by atoms with E-state index in [9.17, 15) is 9.59 Å². The molecule has 1 aliphatic rings. The highest BCUT2D eigenvalue weighted by molar-refractivity contribution is 5.93. The van der Waals surface area contributed by atoms with Gasteiger partial charge in [-0.05, 0) is 85.0 Å². The molecule has 40 heavy (non-hydrogen) atoms. The van der Waals surface area contributed by atoms with Crippen molar-refractivity contribution in [1.29, 1.82) is 0 Å². The number of benzene rings is 4. The van der Waals surface area contributed by atoms with Crippen molar-refractivity contribution in [2.75, 3.05) is 20.3 Å². The van der Waals surface area contributed by atoms with Crippen LogP contribution in [0.15, 0.2) is 97.1 Å². The highest BCUT2D eigenvalue weighted by atomic mass is 16.6. The van der Waals surface area contributed by atoms with Crippen molar-refractivity contribution in [2.45, 2.75) is 25.4 Å². The van der Waals surface area contributed by atoms with Crippen molar-refractivity contribution >= 4 is 11.9 Å². The van der Waals surface area contributed by atoms with Crippen LogP contribution in [0.4, 0.5) is 0 Å². The number of carbonyl (C=O) groups excluding carboxylic acids is 2. The fourth-order valence-electron chi connectivity index (χ4n) is 4.14. The van der Waals surface area contributed by atoms with Gasteiger partial charge in [-0.1, -0.05) is 42.5 Å². The average Bonchev–Trinajstić information content (AvgIpc) is 3.83. The first kappa shape index (κ1) is 27.0. The van der Waals surface area contributed by atoms with E-state index >= 15 is 0 Å². The number of carbonyl (C=O) groups is 2. The van der Waals surface area contributed by atoms with Gasteiger partial charge in [0.1, 0.15) is 11.5 Å². The molecular formula is C33H30O7. The molecule has 204 valence electrons. The van der Waals surface area contributed by atoms with E-state index in [4.69, 9.17) is 23.7 Å². The molecule has 4 aromatic carbocycles. The third kappa shape index (κ3) is 7.27. The van der Waals surface area contributed by atoms with Gasteiger partial charge in [-0.15, -0.1) is 0 Å². The molecule has 0 radical (unpaired) electrons. The lowest BCUT2D eigenvalue weighted by Crippen LogP contribution is -2.11. The highest BCUT2D eigenvalue weighted by Gasteiger charge is 2.21. The van der Waals surface area contributed by atoms with Crippen molar-refractivity contribution in [3.63, 3.8) is 0 Å². The van der Waals surface area contributed by atoms with Crippen LogP contribution < -0.4 is 18.9 Å². The van der Waals surface area contributed by atoms with Crippen LogP contribution in [0.1, 0.15) is 40.0 Å². The molecular weight excluding hydrogens is 508 g/mol. The number of methoxy groups -OCH3 is 1. The zero-order valence-electron chi connectivity index (χ0n) is 22.2. The van der Waals surface area contributed by atoms with Crippen LogP contribution in [-0.2, 0) is 4.74 Å². The van der Waals surface area contributed by atoms with Gasteiger partial charge in [0.15, 0.2) is 11.5 Å². The second-order valence-corrected chi connectivity index (χ2v) is 9.36. The third-order valence-corrected chi connectivity index (χ3v) is 6.46. The number of esters is 2. The van der Waals surface area contributed by atoms with Crippen LogP contribution >= 0.6 is 0 Å². The summed E-state index contributed by atoms with van der Waals surface area (Å²) in [6.45, 7) is 1.49. The summed E-state index contributed by atoms with van der Waals surface area (Å²) in [6, 6.07) is 28.5. The molecule has 1 saturated heterocycles. The Balaban J connectivity index is 1.15. The molecule has 1 atom stereocenters. The monoisotopic (exact) mass is 538 g/mol. The van der Waals surface area contributed by atoms with E-state index in [0.717, 1.165) is 37.0 Å². The lowest BCUT2D eigenvalue weighted by molar-refractivity contribution is 0.0728. The Morgan fingerprint density at radius 2 is 1.38 bits per heavy atom. The molecule has 7 heteroatoms. The van der Waals surface area contributed by atoms with Gasteiger partial charge >= 0.3 is 11.9 Å². The van der Waals surface area contributed by atoms with Crippen LogP contribution in [0.3, 0.4) is 0 Å². The molecule has 0 amide bonds. The topological polar surface area (TPSA) is 83.6 Å². The first-order valence-electron chi connectivity index (χ1n) is 13.2. The van der Waals surface area contributed by atoms with Crippen LogP contribution in [-0.4, -0.2) is 38.4 Å². The van der Waals surface area contributed by atoms with Crippen molar-refractivity contribution in [3.05, 3.63) is 108 Å². The third-order valence-electron chi connectivity index (χ3n) is 6.46. The number of unbranched alkanes of at least 4 members (excludes halogenated alkanes) is 1. The number of hydrogen-bond acceptors (Lipinski definition) is 7. The minimum Gasteiger partial charge on any atom is -0.494 e. The van der Waals surface area contributed by atoms with E-state index < -0.39 is 11.9 Å². The molecule has 0 aromatic heterocycles. The Hall–Kier alpha value is -4.62. The van der Waals surface area contributed by atoms with Crippen molar-refractivity contribution in [1.82, 2.24) is 0 Å². The van der Waals surface area contributed by atoms with E-state index in [0.29, 0.717) is 29.8 Å². The van der Waals surface area contributed by atoms with Gasteiger partial charge in [0.2, 0.25) is 0 Å². The molecule has 5 rings (SSSR count). The largest absolute Gasteiger partial charge is 0.494 e.